The van der Waals surface area contributed by atoms with Gasteiger partial charge < -0.3 is 14.5 Å². The highest BCUT2D eigenvalue weighted by Crippen LogP contribution is 2.38. The molecule has 1 saturated carbocycles. The van der Waals surface area contributed by atoms with Crippen LogP contribution in [0.25, 0.3) is 5.57 Å². The SMILES string of the molecule is COc1ccc(C(=CCC2CCCO2)c2ccc(C3CC3)c(=O)[nH]2)cc1Cl. The maximum Gasteiger partial charge on any atom is 0.251 e. The van der Waals surface area contributed by atoms with Crippen LogP contribution in [0.3, 0.4) is 0 Å². The van der Waals surface area contributed by atoms with Crippen molar-refractivity contribution in [2.75, 3.05) is 13.7 Å². The van der Waals surface area contributed by atoms with Crippen LogP contribution in [0.5, 0.6) is 5.75 Å². The molecular weight excluding hydrogens is 362 g/mol. The topological polar surface area (TPSA) is 51.3 Å². The minimum absolute atomic E-state index is 0.0117. The minimum atomic E-state index is 0.0117. The van der Waals surface area contributed by atoms with E-state index in [0.717, 1.165) is 61.1 Å². The van der Waals surface area contributed by atoms with Gasteiger partial charge >= 0.3 is 0 Å². The summed E-state index contributed by atoms with van der Waals surface area (Å²) in [4.78, 5) is 15.6. The van der Waals surface area contributed by atoms with Gasteiger partial charge in [-0.15, -0.1) is 0 Å². The molecule has 2 aliphatic rings. The number of methoxy groups -OCH3 is 1. The highest BCUT2D eigenvalue weighted by Gasteiger charge is 2.26. The number of H-pyrrole nitrogens is 1. The Morgan fingerprint density at radius 3 is 2.78 bits per heavy atom. The van der Waals surface area contributed by atoms with E-state index in [1.807, 2.05) is 30.3 Å². The van der Waals surface area contributed by atoms with Crippen molar-refractivity contribution in [3.63, 3.8) is 0 Å². The molecule has 1 aromatic carbocycles. The van der Waals surface area contributed by atoms with E-state index in [-0.39, 0.29) is 11.7 Å². The van der Waals surface area contributed by atoms with Crippen LogP contribution in [-0.4, -0.2) is 24.8 Å². The fraction of sp³-hybridized carbons (Fsp3) is 0.409. The summed E-state index contributed by atoms with van der Waals surface area (Å²) in [6, 6.07) is 9.69. The Labute approximate surface area is 164 Å². The first-order chi connectivity index (χ1) is 13.2. The fourth-order valence-electron chi connectivity index (χ4n) is 3.65. The van der Waals surface area contributed by atoms with Crippen molar-refractivity contribution in [3.05, 3.63) is 68.6 Å². The Balaban J connectivity index is 1.71. The van der Waals surface area contributed by atoms with Crippen LogP contribution in [0.1, 0.15) is 54.8 Å². The normalized spacial score (nSPS) is 20.1. The van der Waals surface area contributed by atoms with Crippen molar-refractivity contribution >= 4 is 17.2 Å². The second-order valence-electron chi connectivity index (χ2n) is 7.27. The molecule has 1 unspecified atom stereocenters. The van der Waals surface area contributed by atoms with Gasteiger partial charge in [0.15, 0.2) is 0 Å². The molecule has 1 N–H and O–H groups in total. The zero-order chi connectivity index (χ0) is 18.8. The maximum absolute atomic E-state index is 12.5. The van der Waals surface area contributed by atoms with Gasteiger partial charge in [0.05, 0.1) is 18.2 Å². The molecule has 142 valence electrons. The summed E-state index contributed by atoms with van der Waals surface area (Å²) in [5, 5.41) is 0.551. The average Bonchev–Trinajstić information content (AvgIpc) is 3.37. The molecule has 5 heteroatoms. The molecule has 0 amide bonds. The first kappa shape index (κ1) is 18.3. The number of benzene rings is 1. The molecule has 2 heterocycles. The molecule has 1 aromatic heterocycles. The zero-order valence-electron chi connectivity index (χ0n) is 15.5. The molecule has 4 nitrogen and oxygen atoms in total. The lowest BCUT2D eigenvalue weighted by molar-refractivity contribution is 0.113. The number of hydrogen-bond donors (Lipinski definition) is 1. The number of hydrogen-bond acceptors (Lipinski definition) is 3. The summed E-state index contributed by atoms with van der Waals surface area (Å²) in [6.45, 7) is 0.828. The van der Waals surface area contributed by atoms with E-state index in [4.69, 9.17) is 21.1 Å². The summed E-state index contributed by atoms with van der Waals surface area (Å²) in [7, 11) is 1.60. The van der Waals surface area contributed by atoms with E-state index in [1.165, 1.54) is 0 Å². The Bertz CT molecular complexity index is 908. The third kappa shape index (κ3) is 4.12. The summed E-state index contributed by atoms with van der Waals surface area (Å²) in [6.07, 6.45) is 7.60. The van der Waals surface area contributed by atoms with Crippen LogP contribution < -0.4 is 10.3 Å². The van der Waals surface area contributed by atoms with E-state index in [2.05, 4.69) is 11.1 Å². The van der Waals surface area contributed by atoms with Gasteiger partial charge in [0.1, 0.15) is 5.75 Å². The number of nitrogens with one attached hydrogen (secondary N) is 1. The molecular formula is C22H24ClNO3. The zero-order valence-corrected chi connectivity index (χ0v) is 16.2. The third-order valence-corrected chi connectivity index (χ3v) is 5.61. The Morgan fingerprint density at radius 1 is 1.30 bits per heavy atom. The molecule has 1 aliphatic heterocycles. The molecule has 0 bridgehead atoms. The lowest BCUT2D eigenvalue weighted by Crippen LogP contribution is -2.13. The van der Waals surface area contributed by atoms with Gasteiger partial charge in [-0.05, 0) is 61.8 Å². The van der Waals surface area contributed by atoms with Gasteiger partial charge in [-0.25, -0.2) is 0 Å². The molecule has 27 heavy (non-hydrogen) atoms. The van der Waals surface area contributed by atoms with Crippen molar-refractivity contribution in [2.45, 2.75) is 44.1 Å². The van der Waals surface area contributed by atoms with E-state index in [0.29, 0.717) is 16.7 Å². The second kappa shape index (κ2) is 7.91. The molecule has 1 atom stereocenters. The predicted octanol–water partition coefficient (Wildman–Crippen LogP) is 4.92. The monoisotopic (exact) mass is 385 g/mol. The van der Waals surface area contributed by atoms with Gasteiger partial charge in [0.2, 0.25) is 0 Å². The van der Waals surface area contributed by atoms with Crippen molar-refractivity contribution in [2.24, 2.45) is 0 Å². The van der Waals surface area contributed by atoms with Crippen LogP contribution in [-0.2, 0) is 4.74 Å². The predicted molar refractivity (Wildman–Crippen MR) is 108 cm³/mol. The average molecular weight is 386 g/mol. The van der Waals surface area contributed by atoms with Crippen molar-refractivity contribution in [3.8, 4) is 5.75 Å². The summed E-state index contributed by atoms with van der Waals surface area (Å²) >= 11 is 6.35. The smallest absolute Gasteiger partial charge is 0.251 e. The fourth-order valence-corrected chi connectivity index (χ4v) is 3.91. The highest BCUT2D eigenvalue weighted by atomic mass is 35.5. The number of rotatable bonds is 6. The summed E-state index contributed by atoms with van der Waals surface area (Å²) in [5.41, 5.74) is 3.63. The quantitative estimate of drug-likeness (QED) is 0.768. The summed E-state index contributed by atoms with van der Waals surface area (Å²) < 4.78 is 11.0. The molecule has 2 fully saturated rings. The van der Waals surface area contributed by atoms with Crippen molar-refractivity contribution in [1.82, 2.24) is 4.98 Å². The molecule has 2 aromatic rings. The first-order valence-corrected chi connectivity index (χ1v) is 9.93. The number of aromatic nitrogens is 1. The minimum Gasteiger partial charge on any atom is -0.495 e. The molecule has 1 aliphatic carbocycles. The summed E-state index contributed by atoms with van der Waals surface area (Å²) in [5.74, 6) is 1.06. The lowest BCUT2D eigenvalue weighted by atomic mass is 9.98. The second-order valence-corrected chi connectivity index (χ2v) is 7.68. The highest BCUT2D eigenvalue weighted by molar-refractivity contribution is 6.32. The molecule has 0 radical (unpaired) electrons. The number of halogens is 1. The lowest BCUT2D eigenvalue weighted by Gasteiger charge is -2.13. The first-order valence-electron chi connectivity index (χ1n) is 9.55. The Morgan fingerprint density at radius 2 is 2.15 bits per heavy atom. The molecule has 0 spiro atoms. The third-order valence-electron chi connectivity index (χ3n) is 5.32. The number of pyridine rings is 1. The van der Waals surface area contributed by atoms with Crippen LogP contribution in [0.15, 0.2) is 41.2 Å². The Hall–Kier alpha value is -2.04. The van der Waals surface area contributed by atoms with E-state index < -0.39 is 0 Å². The largest absolute Gasteiger partial charge is 0.495 e. The number of aromatic amines is 1. The van der Waals surface area contributed by atoms with Gasteiger partial charge in [0.25, 0.3) is 5.56 Å². The maximum atomic E-state index is 12.5. The van der Waals surface area contributed by atoms with Gasteiger partial charge in [-0.1, -0.05) is 29.8 Å². The van der Waals surface area contributed by atoms with E-state index in [9.17, 15) is 4.79 Å². The van der Waals surface area contributed by atoms with Crippen molar-refractivity contribution in [1.29, 1.82) is 0 Å². The van der Waals surface area contributed by atoms with Crippen LogP contribution >= 0.6 is 11.6 Å². The van der Waals surface area contributed by atoms with Crippen LogP contribution in [0.4, 0.5) is 0 Å². The van der Waals surface area contributed by atoms with E-state index >= 15 is 0 Å². The van der Waals surface area contributed by atoms with Gasteiger partial charge in [0, 0.05) is 23.4 Å². The van der Waals surface area contributed by atoms with Crippen LogP contribution in [0, 0.1) is 0 Å². The van der Waals surface area contributed by atoms with Crippen LogP contribution in [0.2, 0.25) is 5.02 Å². The number of ether oxygens (including phenoxy) is 2. The van der Waals surface area contributed by atoms with Gasteiger partial charge in [-0.3, -0.25) is 4.79 Å². The Kier molecular flexibility index (Phi) is 5.37. The standard InChI is InChI=1S/C22H24ClNO3/c1-26-21-11-6-15(13-19(21)23)17(8-7-16-3-2-12-27-16)20-10-9-18(14-4-5-14)22(25)24-20/h6,8-11,13-14,16H,2-5,7,12H2,1H3,(H,24,25). The van der Waals surface area contributed by atoms with E-state index in [1.54, 1.807) is 7.11 Å². The molecule has 4 rings (SSSR count). The van der Waals surface area contributed by atoms with Crippen molar-refractivity contribution < 1.29 is 9.47 Å². The molecule has 1 saturated heterocycles. The van der Waals surface area contributed by atoms with Gasteiger partial charge in [-0.2, -0.15) is 0 Å².